The molecule has 0 spiro atoms. The molecule has 150 valence electrons. The zero-order chi connectivity index (χ0) is 20.1. The number of carbonyl (C=O) groups is 1. The van der Waals surface area contributed by atoms with Gasteiger partial charge in [-0.05, 0) is 34.0 Å². The van der Waals surface area contributed by atoms with Gasteiger partial charge in [0.15, 0.2) is 0 Å². The molecule has 3 aromatic rings. The van der Waals surface area contributed by atoms with Crippen LogP contribution in [-0.4, -0.2) is 56.4 Å². The molecule has 1 amide bonds. The summed E-state index contributed by atoms with van der Waals surface area (Å²) >= 11 is 3.39. The van der Waals surface area contributed by atoms with E-state index in [1.807, 2.05) is 29.4 Å². The van der Waals surface area contributed by atoms with E-state index in [1.165, 1.54) is 5.56 Å². The van der Waals surface area contributed by atoms with Gasteiger partial charge in [0.2, 0.25) is 0 Å². The van der Waals surface area contributed by atoms with Crippen molar-refractivity contribution in [1.82, 2.24) is 24.3 Å². The summed E-state index contributed by atoms with van der Waals surface area (Å²) in [7, 11) is 0. The molecule has 6 nitrogen and oxygen atoms in total. The number of carbonyl (C=O) groups excluding carboxylic acids is 1. The molecule has 3 heterocycles. The minimum atomic E-state index is 0.0474. The molecular weight excluding hydrogens is 430 g/mol. The van der Waals surface area contributed by atoms with Crippen LogP contribution in [0.15, 0.2) is 65.7 Å². The van der Waals surface area contributed by atoms with Crippen LogP contribution in [0, 0.1) is 0 Å². The van der Waals surface area contributed by atoms with E-state index in [4.69, 9.17) is 0 Å². The van der Waals surface area contributed by atoms with E-state index in [1.54, 1.807) is 12.4 Å². The second kappa shape index (κ2) is 9.33. The molecule has 0 unspecified atom stereocenters. The van der Waals surface area contributed by atoms with Crippen LogP contribution in [0.5, 0.6) is 0 Å². The fourth-order valence-corrected chi connectivity index (χ4v) is 4.02. The molecule has 29 heavy (non-hydrogen) atoms. The maximum Gasteiger partial charge on any atom is 0.255 e. The van der Waals surface area contributed by atoms with Crippen molar-refractivity contribution < 1.29 is 4.79 Å². The van der Waals surface area contributed by atoms with Crippen molar-refractivity contribution in [2.45, 2.75) is 19.5 Å². The van der Waals surface area contributed by atoms with Crippen LogP contribution in [-0.2, 0) is 13.1 Å². The third-order valence-electron chi connectivity index (χ3n) is 5.19. The Balaban J connectivity index is 1.37. The lowest BCUT2D eigenvalue weighted by atomic mass is 10.2. The summed E-state index contributed by atoms with van der Waals surface area (Å²) in [6.45, 7) is 4.89. The lowest BCUT2D eigenvalue weighted by Crippen LogP contribution is -2.35. The Kier molecular flexibility index (Phi) is 6.36. The maximum atomic E-state index is 12.8. The van der Waals surface area contributed by atoms with Crippen molar-refractivity contribution in [3.05, 3.63) is 82.6 Å². The first-order chi connectivity index (χ1) is 14.2. The number of rotatable bonds is 5. The van der Waals surface area contributed by atoms with Gasteiger partial charge in [-0.2, -0.15) is 0 Å². The SMILES string of the molecule is O=C(c1cncc(Br)c1)N1CCCN(Cc2nccn2Cc2ccccc2)CC1. The van der Waals surface area contributed by atoms with E-state index in [9.17, 15) is 4.79 Å². The summed E-state index contributed by atoms with van der Waals surface area (Å²) in [5, 5.41) is 0. The van der Waals surface area contributed by atoms with Crippen molar-refractivity contribution >= 4 is 21.8 Å². The zero-order valence-electron chi connectivity index (χ0n) is 16.2. The van der Waals surface area contributed by atoms with Gasteiger partial charge in [0.1, 0.15) is 5.82 Å². The van der Waals surface area contributed by atoms with Crippen molar-refractivity contribution in [1.29, 1.82) is 0 Å². The third kappa shape index (κ3) is 5.10. The Morgan fingerprint density at radius 3 is 2.72 bits per heavy atom. The minimum absolute atomic E-state index is 0.0474. The molecule has 4 rings (SSSR count). The Bertz CT molecular complexity index is 959. The normalized spacial score (nSPS) is 15.3. The summed E-state index contributed by atoms with van der Waals surface area (Å²) in [5.74, 6) is 1.11. The predicted molar refractivity (Wildman–Crippen MR) is 116 cm³/mol. The van der Waals surface area contributed by atoms with Gasteiger partial charge in [-0.1, -0.05) is 30.3 Å². The summed E-state index contributed by atoms with van der Waals surface area (Å²) in [6, 6.07) is 12.3. The molecule has 0 saturated carbocycles. The molecule has 1 aromatic carbocycles. The highest BCUT2D eigenvalue weighted by atomic mass is 79.9. The quantitative estimate of drug-likeness (QED) is 0.593. The summed E-state index contributed by atoms with van der Waals surface area (Å²) in [5.41, 5.74) is 1.90. The van der Waals surface area contributed by atoms with Crippen molar-refractivity contribution in [3.8, 4) is 0 Å². The molecule has 0 bridgehead atoms. The molecule has 2 aromatic heterocycles. The van der Waals surface area contributed by atoms with E-state index in [2.05, 4.69) is 59.6 Å². The number of halogens is 1. The number of hydrogen-bond acceptors (Lipinski definition) is 4. The number of amides is 1. The molecule has 0 aliphatic carbocycles. The highest BCUT2D eigenvalue weighted by Gasteiger charge is 2.21. The van der Waals surface area contributed by atoms with E-state index in [-0.39, 0.29) is 5.91 Å². The lowest BCUT2D eigenvalue weighted by Gasteiger charge is -2.22. The number of aromatic nitrogens is 3. The smallest absolute Gasteiger partial charge is 0.255 e. The minimum Gasteiger partial charge on any atom is -0.337 e. The Hall–Kier alpha value is -2.51. The largest absolute Gasteiger partial charge is 0.337 e. The molecule has 0 radical (unpaired) electrons. The van der Waals surface area contributed by atoms with E-state index < -0.39 is 0 Å². The highest BCUT2D eigenvalue weighted by molar-refractivity contribution is 9.10. The fraction of sp³-hybridized carbons (Fsp3) is 0.318. The average Bonchev–Trinajstić information content (AvgIpc) is 3.03. The molecule has 1 aliphatic rings. The van der Waals surface area contributed by atoms with Crippen LogP contribution >= 0.6 is 15.9 Å². The molecule has 7 heteroatoms. The van der Waals surface area contributed by atoms with Gasteiger partial charge in [-0.25, -0.2) is 4.98 Å². The number of hydrogen-bond donors (Lipinski definition) is 0. The van der Waals surface area contributed by atoms with Gasteiger partial charge >= 0.3 is 0 Å². The summed E-state index contributed by atoms with van der Waals surface area (Å²) in [6.07, 6.45) is 8.18. The highest BCUT2D eigenvalue weighted by Crippen LogP contribution is 2.15. The van der Waals surface area contributed by atoms with Gasteiger partial charge in [-0.15, -0.1) is 0 Å². The predicted octanol–water partition coefficient (Wildman–Crippen LogP) is 3.44. The Morgan fingerprint density at radius 2 is 1.90 bits per heavy atom. The number of benzene rings is 1. The molecule has 0 N–H and O–H groups in total. The first kappa shape index (κ1) is 19.8. The first-order valence-electron chi connectivity index (χ1n) is 9.85. The standard InChI is InChI=1S/C22H24BrN5O/c23-20-13-19(14-24-15-20)22(29)27-9-4-8-26(11-12-27)17-21-25-7-10-28(21)16-18-5-2-1-3-6-18/h1-3,5-7,10,13-15H,4,8-9,11-12,16-17H2. The van der Waals surface area contributed by atoms with Gasteiger partial charge in [0.25, 0.3) is 5.91 Å². The fourth-order valence-electron chi connectivity index (χ4n) is 3.66. The monoisotopic (exact) mass is 453 g/mol. The number of pyridine rings is 1. The molecule has 1 saturated heterocycles. The second-order valence-corrected chi connectivity index (χ2v) is 8.19. The van der Waals surface area contributed by atoms with Crippen molar-refractivity contribution in [2.24, 2.45) is 0 Å². The van der Waals surface area contributed by atoms with Gasteiger partial charge in [0.05, 0.1) is 12.1 Å². The number of nitrogens with zero attached hydrogens (tertiary/aromatic N) is 5. The first-order valence-corrected chi connectivity index (χ1v) is 10.6. The van der Waals surface area contributed by atoms with Crippen LogP contribution < -0.4 is 0 Å². The third-order valence-corrected chi connectivity index (χ3v) is 5.62. The van der Waals surface area contributed by atoms with Crippen LogP contribution in [0.2, 0.25) is 0 Å². The molecule has 0 atom stereocenters. The van der Waals surface area contributed by atoms with Crippen molar-refractivity contribution in [2.75, 3.05) is 26.2 Å². The topological polar surface area (TPSA) is 54.3 Å². The van der Waals surface area contributed by atoms with Gasteiger partial charge in [0, 0.05) is 62.0 Å². The average molecular weight is 454 g/mol. The van der Waals surface area contributed by atoms with Crippen LogP contribution in [0.3, 0.4) is 0 Å². The Morgan fingerprint density at radius 1 is 1.03 bits per heavy atom. The van der Waals surface area contributed by atoms with Crippen LogP contribution in [0.1, 0.15) is 28.2 Å². The van der Waals surface area contributed by atoms with Gasteiger partial charge < -0.3 is 9.47 Å². The number of imidazole rings is 1. The molecule has 1 aliphatic heterocycles. The van der Waals surface area contributed by atoms with E-state index >= 15 is 0 Å². The zero-order valence-corrected chi connectivity index (χ0v) is 17.8. The van der Waals surface area contributed by atoms with Crippen LogP contribution in [0.25, 0.3) is 0 Å². The van der Waals surface area contributed by atoms with E-state index in [0.29, 0.717) is 12.1 Å². The molecular formula is C22H24BrN5O. The lowest BCUT2D eigenvalue weighted by molar-refractivity contribution is 0.0760. The second-order valence-electron chi connectivity index (χ2n) is 7.27. The maximum absolute atomic E-state index is 12.8. The van der Waals surface area contributed by atoms with Crippen LogP contribution in [0.4, 0.5) is 0 Å². The van der Waals surface area contributed by atoms with E-state index in [0.717, 1.165) is 49.4 Å². The van der Waals surface area contributed by atoms with Gasteiger partial charge in [-0.3, -0.25) is 14.7 Å². The summed E-state index contributed by atoms with van der Waals surface area (Å²) < 4.78 is 3.03. The molecule has 1 fully saturated rings. The van der Waals surface area contributed by atoms with Crippen molar-refractivity contribution in [3.63, 3.8) is 0 Å². The summed E-state index contributed by atoms with van der Waals surface area (Å²) in [4.78, 5) is 25.8. The Labute approximate surface area is 179 Å².